The van der Waals surface area contributed by atoms with Crippen molar-refractivity contribution in [2.24, 2.45) is 13.0 Å². The molecule has 0 unspecified atom stereocenters. The maximum absolute atomic E-state index is 13.1. The third-order valence-electron chi connectivity index (χ3n) is 5.78. The number of hydrogen-bond acceptors (Lipinski definition) is 4. The molecule has 7 heteroatoms. The van der Waals surface area contributed by atoms with Gasteiger partial charge in [-0.15, -0.1) is 0 Å². The first-order chi connectivity index (χ1) is 11.8. The maximum atomic E-state index is 13.1. The van der Waals surface area contributed by atoms with Gasteiger partial charge in [-0.05, 0) is 32.3 Å². The maximum Gasteiger partial charge on any atom is 0.254 e. The van der Waals surface area contributed by atoms with Gasteiger partial charge in [-0.1, -0.05) is 6.07 Å². The molecule has 0 N–H and O–H groups in total. The van der Waals surface area contributed by atoms with Crippen LogP contribution in [0.15, 0.2) is 30.5 Å². The van der Waals surface area contributed by atoms with E-state index in [2.05, 4.69) is 0 Å². The fourth-order valence-electron chi connectivity index (χ4n) is 4.39. The molecule has 3 atom stereocenters. The Bertz CT molecular complexity index is 948. The Morgan fingerprint density at radius 1 is 1.20 bits per heavy atom. The first kappa shape index (κ1) is 16.6. The standard InChI is InChI=1S/C18H23N3O3S/c1-19(2)16-11-25(23,24)17-10-21(9-14(16)17)18(22)13-5-4-6-15-12(13)7-8-20(15)3/h4-8,14,16-17H,9-11H2,1-3H3/t14-,16+,17-/m0/s1. The van der Waals surface area contributed by atoms with E-state index >= 15 is 0 Å². The molecule has 25 heavy (non-hydrogen) atoms. The highest BCUT2D eigenvalue weighted by atomic mass is 32.2. The van der Waals surface area contributed by atoms with Crippen molar-refractivity contribution in [3.63, 3.8) is 0 Å². The largest absolute Gasteiger partial charge is 0.351 e. The van der Waals surface area contributed by atoms with Crippen molar-refractivity contribution in [1.29, 1.82) is 0 Å². The Balaban J connectivity index is 1.67. The van der Waals surface area contributed by atoms with Gasteiger partial charge < -0.3 is 14.4 Å². The molecule has 3 heterocycles. The summed E-state index contributed by atoms with van der Waals surface area (Å²) in [5.41, 5.74) is 1.65. The summed E-state index contributed by atoms with van der Waals surface area (Å²) >= 11 is 0. The van der Waals surface area contributed by atoms with E-state index in [1.54, 1.807) is 4.90 Å². The van der Waals surface area contributed by atoms with Crippen LogP contribution in [-0.4, -0.2) is 72.9 Å². The monoisotopic (exact) mass is 361 g/mol. The number of rotatable bonds is 2. The number of likely N-dealkylation sites (tertiary alicyclic amines) is 1. The molecular weight excluding hydrogens is 338 g/mol. The number of hydrogen-bond donors (Lipinski definition) is 0. The van der Waals surface area contributed by atoms with Crippen molar-refractivity contribution < 1.29 is 13.2 Å². The van der Waals surface area contributed by atoms with Crippen LogP contribution in [0, 0.1) is 5.92 Å². The first-order valence-corrected chi connectivity index (χ1v) is 10.2. The fourth-order valence-corrected chi connectivity index (χ4v) is 6.87. The van der Waals surface area contributed by atoms with Crippen LogP contribution in [0.4, 0.5) is 0 Å². The number of carbonyl (C=O) groups excluding carboxylic acids is 1. The predicted octanol–water partition coefficient (Wildman–Crippen LogP) is 0.978. The molecule has 2 aliphatic rings. The van der Waals surface area contributed by atoms with Crippen LogP contribution >= 0.6 is 0 Å². The van der Waals surface area contributed by atoms with Crippen molar-refractivity contribution in [3.8, 4) is 0 Å². The third kappa shape index (κ3) is 2.48. The number of nitrogens with zero attached hydrogens (tertiary/aromatic N) is 3. The van der Waals surface area contributed by atoms with E-state index in [1.807, 2.05) is 61.1 Å². The molecule has 0 saturated carbocycles. The smallest absolute Gasteiger partial charge is 0.254 e. The molecule has 2 saturated heterocycles. The van der Waals surface area contributed by atoms with E-state index in [9.17, 15) is 13.2 Å². The van der Waals surface area contributed by atoms with Gasteiger partial charge in [-0.3, -0.25) is 4.79 Å². The van der Waals surface area contributed by atoms with Crippen LogP contribution in [-0.2, 0) is 16.9 Å². The lowest BCUT2D eigenvalue weighted by Gasteiger charge is -2.25. The molecule has 0 spiro atoms. The number of amides is 1. The van der Waals surface area contributed by atoms with Crippen LogP contribution in [0.2, 0.25) is 0 Å². The minimum atomic E-state index is -3.14. The van der Waals surface area contributed by atoms with Gasteiger partial charge in [0.15, 0.2) is 9.84 Å². The number of carbonyl (C=O) groups is 1. The second kappa shape index (κ2) is 5.57. The molecule has 0 bridgehead atoms. The Morgan fingerprint density at radius 3 is 2.68 bits per heavy atom. The molecule has 4 rings (SSSR count). The van der Waals surface area contributed by atoms with Crippen molar-refractivity contribution >= 4 is 26.6 Å². The molecule has 6 nitrogen and oxygen atoms in total. The van der Waals surface area contributed by atoms with Crippen molar-refractivity contribution in [1.82, 2.24) is 14.4 Å². The normalized spacial score (nSPS) is 28.0. The van der Waals surface area contributed by atoms with Crippen molar-refractivity contribution in [2.75, 3.05) is 32.9 Å². The molecule has 1 aromatic carbocycles. The Morgan fingerprint density at radius 2 is 1.96 bits per heavy atom. The summed E-state index contributed by atoms with van der Waals surface area (Å²) in [7, 11) is 2.63. The van der Waals surface area contributed by atoms with Crippen LogP contribution in [0.3, 0.4) is 0 Å². The van der Waals surface area contributed by atoms with Gasteiger partial charge in [0.2, 0.25) is 0 Å². The highest BCUT2D eigenvalue weighted by molar-refractivity contribution is 7.92. The Labute approximate surface area is 147 Å². The van der Waals surface area contributed by atoms with E-state index in [-0.39, 0.29) is 23.6 Å². The first-order valence-electron chi connectivity index (χ1n) is 8.51. The quantitative estimate of drug-likeness (QED) is 0.800. The predicted molar refractivity (Wildman–Crippen MR) is 97.4 cm³/mol. The summed E-state index contributed by atoms with van der Waals surface area (Å²) in [5, 5.41) is 0.484. The molecule has 2 aliphatic heterocycles. The highest BCUT2D eigenvalue weighted by Gasteiger charge is 2.53. The van der Waals surface area contributed by atoms with E-state index < -0.39 is 15.1 Å². The lowest BCUT2D eigenvalue weighted by molar-refractivity contribution is 0.0781. The summed E-state index contributed by atoms with van der Waals surface area (Å²) in [5.74, 6) is 0.129. The topological polar surface area (TPSA) is 62.6 Å². The molecule has 1 amide bonds. The number of sulfone groups is 1. The summed E-state index contributed by atoms with van der Waals surface area (Å²) in [6.45, 7) is 0.814. The molecule has 134 valence electrons. The van der Waals surface area contributed by atoms with Gasteiger partial charge in [0.05, 0.1) is 11.0 Å². The zero-order valence-electron chi connectivity index (χ0n) is 14.7. The zero-order valence-corrected chi connectivity index (χ0v) is 15.5. The molecule has 1 aromatic heterocycles. The zero-order chi connectivity index (χ0) is 17.9. The average Bonchev–Trinajstić information content (AvgIpc) is 3.22. The summed E-state index contributed by atoms with van der Waals surface area (Å²) in [4.78, 5) is 16.8. The van der Waals surface area contributed by atoms with Gasteiger partial charge in [0.25, 0.3) is 5.91 Å². The van der Waals surface area contributed by atoms with Crippen LogP contribution < -0.4 is 0 Å². The van der Waals surface area contributed by atoms with Crippen molar-refractivity contribution in [2.45, 2.75) is 11.3 Å². The van der Waals surface area contributed by atoms with Crippen LogP contribution in [0.25, 0.3) is 10.9 Å². The second-order valence-electron chi connectivity index (χ2n) is 7.44. The number of aromatic nitrogens is 1. The number of benzene rings is 1. The minimum Gasteiger partial charge on any atom is -0.351 e. The van der Waals surface area contributed by atoms with E-state index in [4.69, 9.17) is 0 Å². The Hall–Kier alpha value is -1.86. The second-order valence-corrected chi connectivity index (χ2v) is 9.70. The summed E-state index contributed by atoms with van der Waals surface area (Å²) in [6.07, 6.45) is 1.94. The van der Waals surface area contributed by atoms with Gasteiger partial charge >= 0.3 is 0 Å². The molecule has 0 aliphatic carbocycles. The van der Waals surface area contributed by atoms with Crippen molar-refractivity contribution in [3.05, 3.63) is 36.0 Å². The average molecular weight is 361 g/mol. The third-order valence-corrected chi connectivity index (χ3v) is 8.00. The number of fused-ring (bicyclic) bond motifs is 2. The van der Waals surface area contributed by atoms with Crippen LogP contribution in [0.1, 0.15) is 10.4 Å². The summed E-state index contributed by atoms with van der Waals surface area (Å²) in [6, 6.07) is 7.62. The Kier molecular flexibility index (Phi) is 3.70. The van der Waals surface area contributed by atoms with E-state index in [0.717, 1.165) is 10.9 Å². The van der Waals surface area contributed by atoms with E-state index in [1.165, 1.54) is 0 Å². The summed E-state index contributed by atoms with van der Waals surface area (Å²) < 4.78 is 27.0. The molecular formula is C18H23N3O3S. The lowest BCUT2D eigenvalue weighted by Crippen LogP contribution is -2.38. The van der Waals surface area contributed by atoms with Gasteiger partial charge in [-0.2, -0.15) is 0 Å². The fraction of sp³-hybridized carbons (Fsp3) is 0.500. The lowest BCUT2D eigenvalue weighted by atomic mass is 10.00. The van der Waals surface area contributed by atoms with Gasteiger partial charge in [-0.25, -0.2) is 8.42 Å². The minimum absolute atomic E-state index is 0.000994. The van der Waals surface area contributed by atoms with Crippen LogP contribution in [0.5, 0.6) is 0 Å². The molecule has 2 aromatic rings. The van der Waals surface area contributed by atoms with E-state index in [0.29, 0.717) is 18.7 Å². The number of aryl methyl sites for hydroxylation is 1. The van der Waals surface area contributed by atoms with Gasteiger partial charge in [0.1, 0.15) is 0 Å². The highest BCUT2D eigenvalue weighted by Crippen LogP contribution is 2.37. The molecule has 2 fully saturated rings. The molecule has 0 radical (unpaired) electrons. The SMILES string of the molecule is CN(C)[C@@H]1CS(=O)(=O)[C@H]2CN(C(=O)c3cccc4c3ccn4C)C[C@@H]12. The van der Waals surface area contributed by atoms with Gasteiger partial charge in [0, 0.05) is 54.8 Å².